The van der Waals surface area contributed by atoms with Gasteiger partial charge in [-0.15, -0.1) is 0 Å². The Morgan fingerprint density at radius 3 is 2.73 bits per heavy atom. The van der Waals surface area contributed by atoms with E-state index in [1.54, 1.807) is 0 Å². The fourth-order valence-electron chi connectivity index (χ4n) is 2.87. The summed E-state index contributed by atoms with van der Waals surface area (Å²) in [6.07, 6.45) is 8.94. The van der Waals surface area contributed by atoms with Crippen LogP contribution in [0.4, 0.5) is 0 Å². The van der Waals surface area contributed by atoms with Gasteiger partial charge >= 0.3 is 0 Å². The lowest BCUT2D eigenvalue weighted by molar-refractivity contribution is 0.185. The lowest BCUT2D eigenvalue weighted by Crippen LogP contribution is -2.51. The molecule has 86 valence electrons. The minimum atomic E-state index is 0.833. The lowest BCUT2D eigenvalue weighted by atomic mass is 10.1. The average Bonchev–Trinajstić information content (AvgIpc) is 3.13. The highest BCUT2D eigenvalue weighted by Crippen LogP contribution is 2.35. The van der Waals surface area contributed by atoms with Crippen molar-refractivity contribution in [3.8, 4) is 0 Å². The standard InChI is InChI=1S/C13H24N2/c1(2-11-3-4-11)8-15-9-7-14-13(10-15)12-5-6-12/h11-14H,1-10H2. The van der Waals surface area contributed by atoms with Crippen molar-refractivity contribution >= 4 is 0 Å². The van der Waals surface area contributed by atoms with E-state index in [2.05, 4.69) is 10.2 Å². The van der Waals surface area contributed by atoms with Gasteiger partial charge in [-0.1, -0.05) is 12.8 Å². The summed E-state index contributed by atoms with van der Waals surface area (Å²) in [6, 6.07) is 0.833. The number of rotatable bonds is 5. The van der Waals surface area contributed by atoms with Crippen molar-refractivity contribution in [1.82, 2.24) is 10.2 Å². The predicted molar refractivity (Wildman–Crippen MR) is 62.9 cm³/mol. The first kappa shape index (κ1) is 10.1. The second-order valence-corrected chi connectivity index (χ2v) is 5.78. The molecule has 3 rings (SSSR count). The molecule has 1 atom stereocenters. The molecular weight excluding hydrogens is 184 g/mol. The Morgan fingerprint density at radius 2 is 2.00 bits per heavy atom. The van der Waals surface area contributed by atoms with Gasteiger partial charge < -0.3 is 10.2 Å². The minimum Gasteiger partial charge on any atom is -0.311 e. The molecule has 0 aromatic carbocycles. The number of hydrogen-bond acceptors (Lipinski definition) is 2. The van der Waals surface area contributed by atoms with E-state index in [4.69, 9.17) is 0 Å². The fraction of sp³-hybridized carbons (Fsp3) is 1.00. The zero-order chi connectivity index (χ0) is 10.1. The van der Waals surface area contributed by atoms with E-state index >= 15 is 0 Å². The molecule has 1 unspecified atom stereocenters. The summed E-state index contributed by atoms with van der Waals surface area (Å²) < 4.78 is 0. The van der Waals surface area contributed by atoms with E-state index in [1.807, 2.05) is 0 Å². The second-order valence-electron chi connectivity index (χ2n) is 5.78. The summed E-state index contributed by atoms with van der Waals surface area (Å²) in [5, 5.41) is 3.68. The van der Waals surface area contributed by atoms with Gasteiger partial charge in [-0.25, -0.2) is 0 Å². The van der Waals surface area contributed by atoms with Crippen molar-refractivity contribution < 1.29 is 0 Å². The third kappa shape index (κ3) is 2.94. The van der Waals surface area contributed by atoms with Crippen LogP contribution in [0.15, 0.2) is 0 Å². The van der Waals surface area contributed by atoms with Crippen LogP contribution in [0.1, 0.15) is 38.5 Å². The highest BCUT2D eigenvalue weighted by atomic mass is 15.2. The first-order valence-corrected chi connectivity index (χ1v) is 6.87. The first-order chi connectivity index (χ1) is 7.42. The van der Waals surface area contributed by atoms with E-state index in [0.717, 1.165) is 17.9 Å². The molecule has 3 fully saturated rings. The van der Waals surface area contributed by atoms with E-state index < -0.39 is 0 Å². The first-order valence-electron chi connectivity index (χ1n) is 6.87. The third-order valence-corrected chi connectivity index (χ3v) is 4.26. The summed E-state index contributed by atoms with van der Waals surface area (Å²) >= 11 is 0. The number of piperazine rings is 1. The molecule has 2 nitrogen and oxygen atoms in total. The molecule has 0 aromatic rings. The van der Waals surface area contributed by atoms with Crippen molar-refractivity contribution in [3.63, 3.8) is 0 Å². The average molecular weight is 208 g/mol. The van der Waals surface area contributed by atoms with Gasteiger partial charge in [0.15, 0.2) is 0 Å². The molecule has 1 heterocycles. The van der Waals surface area contributed by atoms with Crippen molar-refractivity contribution in [2.75, 3.05) is 26.2 Å². The van der Waals surface area contributed by atoms with Crippen LogP contribution in [0.2, 0.25) is 0 Å². The zero-order valence-corrected chi connectivity index (χ0v) is 9.75. The van der Waals surface area contributed by atoms with E-state index in [-0.39, 0.29) is 0 Å². The molecule has 2 heteroatoms. The summed E-state index contributed by atoms with van der Waals surface area (Å²) in [5.74, 6) is 2.14. The lowest BCUT2D eigenvalue weighted by Gasteiger charge is -2.33. The van der Waals surface area contributed by atoms with Gasteiger partial charge in [0.25, 0.3) is 0 Å². The van der Waals surface area contributed by atoms with Gasteiger partial charge in [-0.05, 0) is 44.1 Å². The van der Waals surface area contributed by atoms with Gasteiger partial charge in [0.05, 0.1) is 0 Å². The van der Waals surface area contributed by atoms with Crippen LogP contribution in [-0.4, -0.2) is 37.1 Å². The fourth-order valence-corrected chi connectivity index (χ4v) is 2.87. The van der Waals surface area contributed by atoms with Gasteiger partial charge in [-0.3, -0.25) is 0 Å². The Hall–Kier alpha value is -0.0800. The molecule has 3 aliphatic rings. The molecule has 0 spiro atoms. The van der Waals surface area contributed by atoms with Gasteiger partial charge in [0.1, 0.15) is 0 Å². The molecule has 15 heavy (non-hydrogen) atoms. The molecule has 2 saturated carbocycles. The predicted octanol–water partition coefficient (Wildman–Crippen LogP) is 1.86. The smallest absolute Gasteiger partial charge is 0.0223 e. The third-order valence-electron chi connectivity index (χ3n) is 4.26. The topological polar surface area (TPSA) is 15.3 Å². The maximum absolute atomic E-state index is 3.68. The largest absolute Gasteiger partial charge is 0.311 e. The van der Waals surface area contributed by atoms with Crippen molar-refractivity contribution in [2.45, 2.75) is 44.6 Å². The van der Waals surface area contributed by atoms with Crippen molar-refractivity contribution in [1.29, 1.82) is 0 Å². The van der Waals surface area contributed by atoms with Crippen LogP contribution in [0, 0.1) is 11.8 Å². The number of nitrogens with zero attached hydrogens (tertiary/aromatic N) is 1. The molecule has 0 bridgehead atoms. The Labute approximate surface area is 93.4 Å². The number of hydrogen-bond donors (Lipinski definition) is 1. The second kappa shape index (κ2) is 4.42. The van der Waals surface area contributed by atoms with Crippen LogP contribution in [-0.2, 0) is 0 Å². The Kier molecular flexibility index (Phi) is 2.98. The van der Waals surface area contributed by atoms with Crippen LogP contribution in [0.3, 0.4) is 0 Å². The Bertz CT molecular complexity index is 209. The molecular formula is C13H24N2. The molecule has 1 aliphatic heterocycles. The normalized spacial score (nSPS) is 33.2. The molecule has 2 aliphatic carbocycles. The van der Waals surface area contributed by atoms with E-state index in [1.165, 1.54) is 64.7 Å². The molecule has 0 amide bonds. The van der Waals surface area contributed by atoms with Crippen molar-refractivity contribution in [2.24, 2.45) is 11.8 Å². The Morgan fingerprint density at radius 1 is 1.13 bits per heavy atom. The maximum atomic E-state index is 3.68. The highest BCUT2D eigenvalue weighted by molar-refractivity contribution is 4.91. The zero-order valence-electron chi connectivity index (χ0n) is 9.75. The van der Waals surface area contributed by atoms with E-state index in [0.29, 0.717) is 0 Å². The SMILES string of the molecule is C(CC1CC1)CN1CCNC(C2CC2)C1. The molecule has 1 saturated heterocycles. The van der Waals surface area contributed by atoms with E-state index in [9.17, 15) is 0 Å². The molecule has 0 aromatic heterocycles. The summed E-state index contributed by atoms with van der Waals surface area (Å²) in [6.45, 7) is 5.20. The summed E-state index contributed by atoms with van der Waals surface area (Å²) in [7, 11) is 0. The minimum absolute atomic E-state index is 0.833. The monoisotopic (exact) mass is 208 g/mol. The maximum Gasteiger partial charge on any atom is 0.0223 e. The van der Waals surface area contributed by atoms with Crippen LogP contribution in [0.25, 0.3) is 0 Å². The van der Waals surface area contributed by atoms with Crippen LogP contribution in [0.5, 0.6) is 0 Å². The van der Waals surface area contributed by atoms with Gasteiger partial charge in [0, 0.05) is 25.7 Å². The van der Waals surface area contributed by atoms with Gasteiger partial charge in [-0.2, -0.15) is 0 Å². The van der Waals surface area contributed by atoms with Crippen molar-refractivity contribution in [3.05, 3.63) is 0 Å². The molecule has 1 N–H and O–H groups in total. The summed E-state index contributed by atoms with van der Waals surface area (Å²) in [5.41, 5.74) is 0. The Balaban J connectivity index is 1.36. The van der Waals surface area contributed by atoms with Crippen LogP contribution < -0.4 is 5.32 Å². The van der Waals surface area contributed by atoms with Gasteiger partial charge in [0.2, 0.25) is 0 Å². The highest BCUT2D eigenvalue weighted by Gasteiger charge is 2.33. The summed E-state index contributed by atoms with van der Waals surface area (Å²) in [4.78, 5) is 2.70. The number of nitrogens with one attached hydrogen (secondary N) is 1. The van der Waals surface area contributed by atoms with Crippen LogP contribution >= 0.6 is 0 Å². The molecule has 0 radical (unpaired) electrons. The quantitative estimate of drug-likeness (QED) is 0.742.